The number of anilines is 1. The van der Waals surface area contributed by atoms with Gasteiger partial charge < -0.3 is 15.4 Å². The summed E-state index contributed by atoms with van der Waals surface area (Å²) in [5.74, 6) is 0.720. The maximum absolute atomic E-state index is 12.5. The van der Waals surface area contributed by atoms with Crippen LogP contribution in [-0.2, 0) is 5.60 Å². The van der Waals surface area contributed by atoms with Crippen LogP contribution in [0.25, 0.3) is 11.1 Å². The molecule has 0 bridgehead atoms. The van der Waals surface area contributed by atoms with E-state index in [0.717, 1.165) is 21.8 Å². The predicted octanol–water partition coefficient (Wildman–Crippen LogP) is 3.33. The zero-order valence-electron chi connectivity index (χ0n) is 12.6. The number of rotatable bonds is 1. The minimum Gasteiger partial charge on any atom is -0.482 e. The molecule has 4 nitrogen and oxygen atoms in total. The minimum absolute atomic E-state index is 0.0718. The molecule has 0 radical (unpaired) electrons. The van der Waals surface area contributed by atoms with E-state index in [1.165, 1.54) is 11.3 Å². The van der Waals surface area contributed by atoms with Crippen molar-refractivity contribution in [3.8, 4) is 16.9 Å². The average Bonchev–Trinajstić information content (AvgIpc) is 2.76. The third-order valence-corrected chi connectivity index (χ3v) is 4.95. The highest BCUT2D eigenvalue weighted by molar-refractivity contribution is 7.17. The van der Waals surface area contributed by atoms with Gasteiger partial charge in [0.05, 0.1) is 15.4 Å². The first-order valence-corrected chi connectivity index (χ1v) is 7.57. The Labute approximate surface area is 128 Å². The fourth-order valence-electron chi connectivity index (χ4n) is 2.65. The van der Waals surface area contributed by atoms with Crippen molar-refractivity contribution in [1.82, 2.24) is 4.90 Å². The van der Waals surface area contributed by atoms with Gasteiger partial charge in [0, 0.05) is 25.2 Å². The van der Waals surface area contributed by atoms with Crippen LogP contribution in [0.2, 0.25) is 0 Å². The smallest absolute Gasteiger partial charge is 0.256 e. The van der Waals surface area contributed by atoms with Crippen LogP contribution in [0.3, 0.4) is 0 Å². The Balaban J connectivity index is 2.35. The largest absolute Gasteiger partial charge is 0.482 e. The van der Waals surface area contributed by atoms with Crippen molar-refractivity contribution >= 4 is 22.2 Å². The van der Waals surface area contributed by atoms with Gasteiger partial charge in [-0.3, -0.25) is 4.79 Å². The lowest BCUT2D eigenvalue weighted by Crippen LogP contribution is -2.29. The van der Waals surface area contributed by atoms with E-state index in [2.05, 4.69) is 0 Å². The van der Waals surface area contributed by atoms with Crippen LogP contribution in [0.1, 0.15) is 29.1 Å². The quantitative estimate of drug-likeness (QED) is 0.879. The highest BCUT2D eigenvalue weighted by atomic mass is 32.1. The molecule has 21 heavy (non-hydrogen) atoms. The SMILES string of the molecule is CN(C)C(=O)c1c(N)sc2c1-c1ccccc1OC2(C)C. The van der Waals surface area contributed by atoms with E-state index < -0.39 is 5.60 Å². The number of amides is 1. The number of ether oxygens (including phenoxy) is 1. The fraction of sp³-hybridized carbons (Fsp3) is 0.312. The van der Waals surface area contributed by atoms with Crippen molar-refractivity contribution in [2.45, 2.75) is 19.4 Å². The number of benzene rings is 1. The van der Waals surface area contributed by atoms with Gasteiger partial charge in [0.15, 0.2) is 0 Å². The van der Waals surface area contributed by atoms with Crippen LogP contribution in [0, 0.1) is 0 Å². The van der Waals surface area contributed by atoms with Gasteiger partial charge in [0.25, 0.3) is 5.91 Å². The summed E-state index contributed by atoms with van der Waals surface area (Å²) in [6.45, 7) is 4.00. The molecule has 0 spiro atoms. The van der Waals surface area contributed by atoms with Crippen molar-refractivity contribution in [2.24, 2.45) is 0 Å². The van der Waals surface area contributed by atoms with Crippen molar-refractivity contribution in [2.75, 3.05) is 19.8 Å². The Morgan fingerprint density at radius 2 is 1.95 bits per heavy atom. The molecule has 0 atom stereocenters. The predicted molar refractivity (Wildman–Crippen MR) is 85.8 cm³/mol. The van der Waals surface area contributed by atoms with Crippen LogP contribution in [-0.4, -0.2) is 24.9 Å². The van der Waals surface area contributed by atoms with Crippen molar-refractivity contribution in [3.05, 3.63) is 34.7 Å². The fourth-order valence-corrected chi connectivity index (χ4v) is 3.76. The Hall–Kier alpha value is -2.01. The molecule has 2 aromatic rings. The Kier molecular flexibility index (Phi) is 2.99. The molecular formula is C16H18N2O2S. The number of hydrogen-bond donors (Lipinski definition) is 1. The molecule has 1 aliphatic rings. The number of nitrogens with two attached hydrogens (primary N) is 1. The molecule has 0 unspecified atom stereocenters. The second kappa shape index (κ2) is 4.49. The third-order valence-electron chi connectivity index (χ3n) is 3.62. The second-order valence-electron chi connectivity index (χ2n) is 5.85. The summed E-state index contributed by atoms with van der Waals surface area (Å²) in [7, 11) is 3.48. The van der Waals surface area contributed by atoms with E-state index in [4.69, 9.17) is 10.5 Å². The van der Waals surface area contributed by atoms with Gasteiger partial charge in [0.1, 0.15) is 11.4 Å². The first-order valence-electron chi connectivity index (χ1n) is 6.75. The van der Waals surface area contributed by atoms with Gasteiger partial charge in [-0.15, -0.1) is 11.3 Å². The molecule has 5 heteroatoms. The van der Waals surface area contributed by atoms with Gasteiger partial charge in [-0.1, -0.05) is 18.2 Å². The van der Waals surface area contributed by atoms with Gasteiger partial charge in [-0.05, 0) is 19.9 Å². The van der Waals surface area contributed by atoms with Crippen LogP contribution in [0.15, 0.2) is 24.3 Å². The molecule has 1 amide bonds. The summed E-state index contributed by atoms with van der Waals surface area (Å²) in [5.41, 5.74) is 8.10. The average molecular weight is 302 g/mol. The summed E-state index contributed by atoms with van der Waals surface area (Å²) >= 11 is 1.44. The minimum atomic E-state index is -0.493. The summed E-state index contributed by atoms with van der Waals surface area (Å²) in [6, 6.07) is 7.78. The molecule has 3 rings (SSSR count). The molecule has 2 N–H and O–H groups in total. The lowest BCUT2D eigenvalue weighted by atomic mass is 9.90. The number of nitrogen functional groups attached to an aromatic ring is 1. The highest BCUT2D eigenvalue weighted by Gasteiger charge is 2.38. The molecule has 0 aliphatic carbocycles. The van der Waals surface area contributed by atoms with Gasteiger partial charge in [-0.25, -0.2) is 0 Å². The number of thiophene rings is 1. The topological polar surface area (TPSA) is 55.6 Å². The summed E-state index contributed by atoms with van der Waals surface area (Å²) in [4.78, 5) is 15.1. The third kappa shape index (κ3) is 2.00. The van der Waals surface area contributed by atoms with Crippen molar-refractivity contribution < 1.29 is 9.53 Å². The van der Waals surface area contributed by atoms with Gasteiger partial charge in [-0.2, -0.15) is 0 Å². The molecule has 1 aliphatic heterocycles. The second-order valence-corrected chi connectivity index (χ2v) is 6.91. The summed E-state index contributed by atoms with van der Waals surface area (Å²) < 4.78 is 6.08. The molecule has 0 saturated heterocycles. The first kappa shape index (κ1) is 13.9. The van der Waals surface area contributed by atoms with Crippen LogP contribution >= 0.6 is 11.3 Å². The molecule has 0 fully saturated rings. The number of nitrogens with zero attached hydrogens (tertiary/aromatic N) is 1. The molecule has 1 aromatic carbocycles. The maximum Gasteiger partial charge on any atom is 0.256 e. The number of para-hydroxylation sites is 1. The Morgan fingerprint density at radius 1 is 1.29 bits per heavy atom. The normalized spacial score (nSPS) is 14.9. The Morgan fingerprint density at radius 3 is 2.62 bits per heavy atom. The zero-order valence-corrected chi connectivity index (χ0v) is 13.4. The standard InChI is InChI=1S/C16H18N2O2S/c1-16(2)13-11(9-7-5-6-8-10(9)20-16)12(14(17)21-13)15(19)18(3)4/h5-8H,17H2,1-4H3. The van der Waals surface area contributed by atoms with Gasteiger partial charge in [0.2, 0.25) is 0 Å². The van der Waals surface area contributed by atoms with Crippen LogP contribution in [0.5, 0.6) is 5.75 Å². The lowest BCUT2D eigenvalue weighted by molar-refractivity contribution is 0.0828. The number of hydrogen-bond acceptors (Lipinski definition) is 4. The van der Waals surface area contributed by atoms with E-state index in [9.17, 15) is 4.79 Å². The van der Waals surface area contributed by atoms with Gasteiger partial charge >= 0.3 is 0 Å². The Bertz CT molecular complexity index is 732. The lowest BCUT2D eigenvalue weighted by Gasteiger charge is -2.32. The summed E-state index contributed by atoms with van der Waals surface area (Å²) in [5, 5.41) is 0.548. The van der Waals surface area contributed by atoms with Crippen LogP contribution in [0.4, 0.5) is 5.00 Å². The number of carbonyl (C=O) groups is 1. The van der Waals surface area contributed by atoms with Crippen molar-refractivity contribution in [1.29, 1.82) is 0 Å². The van der Waals surface area contributed by atoms with E-state index in [0.29, 0.717) is 10.6 Å². The van der Waals surface area contributed by atoms with E-state index in [-0.39, 0.29) is 5.91 Å². The van der Waals surface area contributed by atoms with E-state index in [1.54, 1.807) is 19.0 Å². The van der Waals surface area contributed by atoms with Crippen molar-refractivity contribution in [3.63, 3.8) is 0 Å². The number of fused-ring (bicyclic) bond motifs is 3. The van der Waals surface area contributed by atoms with E-state index in [1.807, 2.05) is 38.1 Å². The molecule has 2 heterocycles. The van der Waals surface area contributed by atoms with E-state index >= 15 is 0 Å². The van der Waals surface area contributed by atoms with Crippen LogP contribution < -0.4 is 10.5 Å². The molecular weight excluding hydrogens is 284 g/mol. The molecule has 1 aromatic heterocycles. The maximum atomic E-state index is 12.5. The first-order chi connectivity index (χ1) is 9.83. The molecule has 110 valence electrons. The number of carbonyl (C=O) groups excluding carboxylic acids is 1. The monoisotopic (exact) mass is 302 g/mol. The molecule has 0 saturated carbocycles. The highest BCUT2D eigenvalue weighted by Crippen LogP contribution is 2.52. The summed E-state index contributed by atoms with van der Waals surface area (Å²) in [6.07, 6.45) is 0. The zero-order chi connectivity index (χ0) is 15.4.